The lowest BCUT2D eigenvalue weighted by atomic mass is 9.96. The fourth-order valence-corrected chi connectivity index (χ4v) is 4.13. The molecular formula is C23H23F3N2O3S. The predicted octanol–water partition coefficient (Wildman–Crippen LogP) is 4.90. The molecule has 32 heavy (non-hydrogen) atoms. The zero-order valence-corrected chi connectivity index (χ0v) is 18.3. The van der Waals surface area contributed by atoms with E-state index < -0.39 is 35.2 Å². The van der Waals surface area contributed by atoms with Gasteiger partial charge in [-0.15, -0.1) is 11.3 Å². The van der Waals surface area contributed by atoms with Crippen molar-refractivity contribution >= 4 is 17.2 Å². The highest BCUT2D eigenvalue weighted by atomic mass is 32.1. The van der Waals surface area contributed by atoms with Gasteiger partial charge in [0, 0.05) is 11.1 Å². The number of hydrogen-bond acceptors (Lipinski definition) is 5. The highest BCUT2D eigenvalue weighted by Gasteiger charge is 2.58. The fourth-order valence-electron chi connectivity index (χ4n) is 3.21. The second kappa shape index (κ2) is 9.70. The number of aromatic nitrogens is 1. The van der Waals surface area contributed by atoms with Gasteiger partial charge in [-0.05, 0) is 37.1 Å². The minimum atomic E-state index is -5.07. The van der Waals surface area contributed by atoms with Crippen LogP contribution in [-0.2, 0) is 10.4 Å². The molecule has 0 aliphatic carbocycles. The molecule has 2 aromatic carbocycles. The van der Waals surface area contributed by atoms with Gasteiger partial charge in [0.25, 0.3) is 0 Å². The van der Waals surface area contributed by atoms with Crippen LogP contribution in [0.3, 0.4) is 0 Å². The minimum Gasteiger partial charge on any atom is -0.494 e. The summed E-state index contributed by atoms with van der Waals surface area (Å²) in [4.78, 5) is 16.6. The molecule has 1 heterocycles. The third-order valence-electron chi connectivity index (χ3n) is 4.82. The van der Waals surface area contributed by atoms with Crippen molar-refractivity contribution in [3.8, 4) is 5.75 Å². The number of amides is 1. The Balaban J connectivity index is 1.89. The van der Waals surface area contributed by atoms with Gasteiger partial charge in [0.1, 0.15) is 10.8 Å². The number of carbonyl (C=O) groups is 1. The summed E-state index contributed by atoms with van der Waals surface area (Å²) in [7, 11) is 0. The van der Waals surface area contributed by atoms with Gasteiger partial charge in [0.05, 0.1) is 19.1 Å². The number of thiazole rings is 1. The van der Waals surface area contributed by atoms with Crippen molar-refractivity contribution in [1.82, 2.24) is 10.3 Å². The maximum Gasteiger partial charge on any atom is 0.424 e. The van der Waals surface area contributed by atoms with Crippen LogP contribution in [-0.4, -0.2) is 28.8 Å². The van der Waals surface area contributed by atoms with Crippen LogP contribution in [0.25, 0.3) is 0 Å². The number of benzene rings is 2. The summed E-state index contributed by atoms with van der Waals surface area (Å²) in [5, 5.41) is 14.0. The summed E-state index contributed by atoms with van der Waals surface area (Å²) in [5.74, 6) is -0.319. The van der Waals surface area contributed by atoms with Gasteiger partial charge in [0.15, 0.2) is 0 Å². The highest BCUT2D eigenvalue weighted by molar-refractivity contribution is 7.09. The van der Waals surface area contributed by atoms with Crippen LogP contribution < -0.4 is 10.1 Å². The van der Waals surface area contributed by atoms with E-state index in [9.17, 15) is 23.1 Å². The van der Waals surface area contributed by atoms with Crippen molar-refractivity contribution in [2.45, 2.75) is 38.1 Å². The predicted molar refractivity (Wildman–Crippen MR) is 115 cm³/mol. The fraction of sp³-hybridized carbons (Fsp3) is 0.304. The van der Waals surface area contributed by atoms with Crippen LogP contribution >= 0.6 is 11.3 Å². The van der Waals surface area contributed by atoms with Crippen LogP contribution in [0.2, 0.25) is 0 Å². The van der Waals surface area contributed by atoms with Gasteiger partial charge in [-0.25, -0.2) is 4.98 Å². The standard InChI is InChI=1S/C23H23F3N2O3S/c1-3-31-18-11-9-17(10-12-18)20(16-7-5-4-6-8-16)28-19(29)13-22(30,23(24,25)26)21-27-15(2)14-32-21/h4-12,14,20,30H,3,13H2,1-2H3,(H,28,29). The Kier molecular flexibility index (Phi) is 7.20. The molecule has 0 aliphatic rings. The quantitative estimate of drug-likeness (QED) is 0.498. The number of ether oxygens (including phenoxy) is 1. The van der Waals surface area contributed by atoms with Crippen molar-refractivity contribution in [3.63, 3.8) is 0 Å². The first-order chi connectivity index (χ1) is 15.1. The largest absolute Gasteiger partial charge is 0.494 e. The Hall–Kier alpha value is -2.91. The average Bonchev–Trinajstić information content (AvgIpc) is 3.19. The molecule has 1 aromatic heterocycles. The molecule has 5 nitrogen and oxygen atoms in total. The number of alkyl halides is 3. The topological polar surface area (TPSA) is 71.5 Å². The van der Waals surface area contributed by atoms with Crippen LogP contribution in [0.5, 0.6) is 5.75 Å². The van der Waals surface area contributed by atoms with Crippen molar-refractivity contribution in [3.05, 3.63) is 81.8 Å². The molecule has 2 unspecified atom stereocenters. The number of rotatable bonds is 8. The maximum absolute atomic E-state index is 13.8. The molecule has 0 radical (unpaired) electrons. The average molecular weight is 465 g/mol. The van der Waals surface area contributed by atoms with Crippen molar-refractivity contribution in [1.29, 1.82) is 0 Å². The zero-order chi connectivity index (χ0) is 23.4. The lowest BCUT2D eigenvalue weighted by molar-refractivity contribution is -0.267. The van der Waals surface area contributed by atoms with Crippen LogP contribution in [0.15, 0.2) is 60.0 Å². The van der Waals surface area contributed by atoms with Crippen molar-refractivity contribution in [2.75, 3.05) is 6.61 Å². The molecule has 0 saturated heterocycles. The molecule has 0 bridgehead atoms. The van der Waals surface area contributed by atoms with E-state index in [0.29, 0.717) is 40.5 Å². The van der Waals surface area contributed by atoms with Crippen molar-refractivity contribution in [2.24, 2.45) is 0 Å². The summed E-state index contributed by atoms with van der Waals surface area (Å²) in [5.41, 5.74) is -1.69. The summed E-state index contributed by atoms with van der Waals surface area (Å²) < 4.78 is 46.8. The molecule has 2 atom stereocenters. The lowest BCUT2D eigenvalue weighted by Gasteiger charge is -2.29. The maximum atomic E-state index is 13.8. The monoisotopic (exact) mass is 464 g/mol. The molecule has 1 amide bonds. The van der Waals surface area contributed by atoms with E-state index in [4.69, 9.17) is 4.74 Å². The third kappa shape index (κ3) is 5.28. The van der Waals surface area contributed by atoms with Crippen molar-refractivity contribution < 1.29 is 27.8 Å². The van der Waals surface area contributed by atoms with E-state index in [1.807, 2.05) is 6.92 Å². The second-order valence-electron chi connectivity index (χ2n) is 7.24. The summed E-state index contributed by atoms with van der Waals surface area (Å²) in [6, 6.07) is 15.1. The normalized spacial score (nSPS) is 14.4. The zero-order valence-electron chi connectivity index (χ0n) is 17.5. The number of nitrogens with zero attached hydrogens (tertiary/aromatic N) is 1. The number of aliphatic hydroxyl groups is 1. The van der Waals surface area contributed by atoms with E-state index in [0.717, 1.165) is 0 Å². The van der Waals surface area contributed by atoms with Gasteiger partial charge in [-0.1, -0.05) is 42.5 Å². The van der Waals surface area contributed by atoms with E-state index in [-0.39, 0.29) is 0 Å². The molecule has 0 fully saturated rings. The number of nitrogens with one attached hydrogen (secondary N) is 1. The highest BCUT2D eigenvalue weighted by Crippen LogP contribution is 2.43. The third-order valence-corrected chi connectivity index (χ3v) is 5.93. The Bertz CT molecular complexity index is 1040. The number of hydrogen-bond donors (Lipinski definition) is 2. The number of carbonyl (C=O) groups excluding carboxylic acids is 1. The molecule has 0 aliphatic heterocycles. The molecule has 2 N–H and O–H groups in total. The van der Waals surface area contributed by atoms with E-state index in [1.165, 1.54) is 12.3 Å². The number of halogens is 3. The van der Waals surface area contributed by atoms with E-state index >= 15 is 0 Å². The molecule has 3 rings (SSSR count). The Morgan fingerprint density at radius 1 is 1.12 bits per heavy atom. The van der Waals surface area contributed by atoms with E-state index in [2.05, 4.69) is 10.3 Å². The van der Waals surface area contributed by atoms with E-state index in [1.54, 1.807) is 54.6 Å². The van der Waals surface area contributed by atoms with Crippen LogP contribution in [0.1, 0.15) is 41.2 Å². The minimum absolute atomic E-state index is 0.338. The molecular weight excluding hydrogens is 441 g/mol. The first kappa shape index (κ1) is 23.7. The Morgan fingerprint density at radius 3 is 2.28 bits per heavy atom. The summed E-state index contributed by atoms with van der Waals surface area (Å²) in [6.45, 7) is 3.87. The summed E-state index contributed by atoms with van der Waals surface area (Å²) in [6.07, 6.45) is -6.28. The van der Waals surface area contributed by atoms with Gasteiger partial charge in [0.2, 0.25) is 11.5 Å². The van der Waals surface area contributed by atoms with Gasteiger partial charge < -0.3 is 15.2 Å². The first-order valence-corrected chi connectivity index (χ1v) is 10.8. The van der Waals surface area contributed by atoms with Gasteiger partial charge >= 0.3 is 6.18 Å². The number of aryl methyl sites for hydroxylation is 1. The molecule has 0 spiro atoms. The lowest BCUT2D eigenvalue weighted by Crippen LogP contribution is -2.46. The SMILES string of the molecule is CCOc1ccc(C(NC(=O)CC(O)(c2nc(C)cs2)C(F)(F)F)c2ccccc2)cc1. The van der Waals surface area contributed by atoms with Gasteiger partial charge in [-0.2, -0.15) is 13.2 Å². The second-order valence-corrected chi connectivity index (χ2v) is 8.10. The summed E-state index contributed by atoms with van der Waals surface area (Å²) >= 11 is 0.668. The smallest absolute Gasteiger partial charge is 0.424 e. The Morgan fingerprint density at radius 2 is 1.75 bits per heavy atom. The van der Waals surface area contributed by atoms with Crippen LogP contribution in [0.4, 0.5) is 13.2 Å². The first-order valence-electron chi connectivity index (χ1n) is 9.93. The van der Waals surface area contributed by atoms with Gasteiger partial charge in [-0.3, -0.25) is 4.79 Å². The molecule has 0 saturated carbocycles. The molecule has 9 heteroatoms. The molecule has 3 aromatic rings. The van der Waals surface area contributed by atoms with Crippen LogP contribution in [0, 0.1) is 6.92 Å². The Labute approximate surface area is 187 Å². The molecule has 170 valence electrons.